The lowest BCUT2D eigenvalue weighted by atomic mass is 10.0. The number of fused-ring (bicyclic) bond motifs is 1. The van der Waals surface area contributed by atoms with E-state index in [1.165, 1.54) is 12.1 Å². The summed E-state index contributed by atoms with van der Waals surface area (Å²) in [5.41, 5.74) is 1.07. The number of nitrogens with one attached hydrogen (secondary N) is 2. The Morgan fingerprint density at radius 1 is 1.23 bits per heavy atom. The molecule has 2 aromatic carbocycles. The van der Waals surface area contributed by atoms with Crippen molar-refractivity contribution in [2.45, 2.75) is 24.6 Å². The predicted molar refractivity (Wildman–Crippen MR) is 91.5 cm³/mol. The number of hydrogen-bond acceptors (Lipinski definition) is 3. The molecule has 2 N–H and O–H groups in total. The first-order valence-electron chi connectivity index (χ1n) is 7.93. The van der Waals surface area contributed by atoms with Crippen molar-refractivity contribution in [3.8, 4) is 0 Å². The number of carbonyl (C=O) groups is 1. The van der Waals surface area contributed by atoms with Crippen LogP contribution in [0.15, 0.2) is 46.9 Å². The summed E-state index contributed by atoms with van der Waals surface area (Å²) in [6, 6.07) is 10.0. The molecule has 0 saturated heterocycles. The minimum atomic E-state index is -4.41. The number of aromatic amines is 1. The summed E-state index contributed by atoms with van der Waals surface area (Å²) in [5, 5.41) is 2.78. The molecule has 2 unspecified atom stereocenters. The van der Waals surface area contributed by atoms with Gasteiger partial charge in [0.25, 0.3) is 10.7 Å². The number of halogens is 3. The highest BCUT2D eigenvalue weighted by atomic mass is 32.1. The summed E-state index contributed by atoms with van der Waals surface area (Å²) in [5.74, 6) is -0.692. The van der Waals surface area contributed by atoms with Gasteiger partial charge >= 0.3 is 6.18 Å². The van der Waals surface area contributed by atoms with Crippen LogP contribution in [0, 0.1) is 4.84 Å². The third kappa shape index (κ3) is 3.12. The zero-order chi connectivity index (χ0) is 18.5. The third-order valence-corrected chi connectivity index (χ3v) is 4.64. The molecule has 1 aliphatic carbocycles. The Bertz CT molecular complexity index is 1050. The number of rotatable bonds is 3. The average Bonchev–Trinajstić information content (AvgIpc) is 3.24. The van der Waals surface area contributed by atoms with Gasteiger partial charge in [-0.05, 0) is 48.5 Å². The lowest BCUT2D eigenvalue weighted by Crippen LogP contribution is -2.26. The predicted octanol–water partition coefficient (Wildman–Crippen LogP) is 4.80. The second-order valence-electron chi connectivity index (χ2n) is 6.23. The SMILES string of the molecule is O=C(NC1CC1c1ccccc1C(F)(F)F)c1ccc2[nH]c(=S)oc2c1. The van der Waals surface area contributed by atoms with Gasteiger partial charge in [-0.25, -0.2) is 0 Å². The minimum Gasteiger partial charge on any atom is -0.429 e. The molecule has 0 spiro atoms. The summed E-state index contributed by atoms with van der Waals surface area (Å²) in [7, 11) is 0. The molecule has 1 aromatic heterocycles. The van der Waals surface area contributed by atoms with Gasteiger partial charge in [0.1, 0.15) is 0 Å². The van der Waals surface area contributed by atoms with Crippen molar-refractivity contribution in [1.29, 1.82) is 0 Å². The minimum absolute atomic E-state index is 0.212. The number of benzene rings is 2. The Labute approximate surface area is 151 Å². The van der Waals surface area contributed by atoms with Crippen molar-refractivity contribution in [2.75, 3.05) is 0 Å². The van der Waals surface area contributed by atoms with Crippen LogP contribution in [0.25, 0.3) is 11.1 Å². The van der Waals surface area contributed by atoms with E-state index in [2.05, 4.69) is 10.3 Å². The molecule has 3 aromatic rings. The van der Waals surface area contributed by atoms with Gasteiger partial charge in [0.2, 0.25) is 0 Å². The molecular weight excluding hydrogens is 365 g/mol. The van der Waals surface area contributed by atoms with Gasteiger partial charge in [0.15, 0.2) is 5.58 Å². The molecule has 1 aliphatic rings. The van der Waals surface area contributed by atoms with E-state index >= 15 is 0 Å². The normalized spacial score (nSPS) is 19.5. The zero-order valence-electron chi connectivity index (χ0n) is 13.3. The number of H-pyrrole nitrogens is 1. The molecule has 1 amide bonds. The third-order valence-electron chi connectivity index (χ3n) is 4.46. The van der Waals surface area contributed by atoms with Gasteiger partial charge in [0, 0.05) is 17.5 Å². The molecule has 26 heavy (non-hydrogen) atoms. The summed E-state index contributed by atoms with van der Waals surface area (Å²) < 4.78 is 44.7. The van der Waals surface area contributed by atoms with E-state index in [1.807, 2.05) is 0 Å². The first-order chi connectivity index (χ1) is 12.3. The topological polar surface area (TPSA) is 58.0 Å². The molecule has 4 rings (SSSR count). The molecule has 8 heteroatoms. The van der Waals surface area contributed by atoms with E-state index in [4.69, 9.17) is 16.6 Å². The number of carbonyl (C=O) groups excluding carboxylic acids is 1. The maximum Gasteiger partial charge on any atom is 0.416 e. The maximum atomic E-state index is 13.1. The largest absolute Gasteiger partial charge is 0.429 e. The molecule has 1 heterocycles. The van der Waals surface area contributed by atoms with Crippen LogP contribution in [0.3, 0.4) is 0 Å². The molecule has 2 atom stereocenters. The molecule has 1 saturated carbocycles. The number of hydrogen-bond donors (Lipinski definition) is 2. The van der Waals surface area contributed by atoms with Gasteiger partial charge in [-0.1, -0.05) is 18.2 Å². The van der Waals surface area contributed by atoms with Crippen LogP contribution in [0.5, 0.6) is 0 Å². The van der Waals surface area contributed by atoms with Crippen molar-refractivity contribution < 1.29 is 22.4 Å². The highest BCUT2D eigenvalue weighted by Crippen LogP contribution is 2.46. The Balaban J connectivity index is 1.51. The number of aromatic nitrogens is 1. The number of alkyl halides is 3. The number of amides is 1. The standard InChI is InChI=1S/C18H13F3N2O2S/c19-18(20,21)12-4-2-1-3-10(12)11-8-14(11)22-16(24)9-5-6-13-15(7-9)25-17(26)23-13/h1-7,11,14H,8H2,(H,22,24)(H,23,26). The van der Waals surface area contributed by atoms with E-state index in [-0.39, 0.29) is 28.3 Å². The smallest absolute Gasteiger partial charge is 0.416 e. The summed E-state index contributed by atoms with van der Waals surface area (Å²) in [6.45, 7) is 0. The fraction of sp³-hybridized carbons (Fsp3) is 0.222. The van der Waals surface area contributed by atoms with E-state index < -0.39 is 11.7 Å². The lowest BCUT2D eigenvalue weighted by molar-refractivity contribution is -0.138. The molecule has 0 radical (unpaired) electrons. The monoisotopic (exact) mass is 378 g/mol. The Morgan fingerprint density at radius 3 is 2.77 bits per heavy atom. The maximum absolute atomic E-state index is 13.1. The van der Waals surface area contributed by atoms with Crippen molar-refractivity contribution in [3.63, 3.8) is 0 Å². The van der Waals surface area contributed by atoms with Gasteiger partial charge in [-0.2, -0.15) is 13.2 Å². The van der Waals surface area contributed by atoms with Crippen molar-refractivity contribution >= 4 is 29.2 Å². The highest BCUT2D eigenvalue weighted by Gasteiger charge is 2.44. The van der Waals surface area contributed by atoms with Crippen molar-refractivity contribution in [3.05, 3.63) is 64.0 Å². The molecule has 0 aliphatic heterocycles. The second kappa shape index (κ2) is 5.98. The molecule has 134 valence electrons. The van der Waals surface area contributed by atoms with Gasteiger partial charge in [-0.3, -0.25) is 4.79 Å². The first-order valence-corrected chi connectivity index (χ1v) is 8.33. The van der Waals surface area contributed by atoms with E-state index in [1.54, 1.807) is 24.3 Å². The Kier molecular flexibility index (Phi) is 3.87. The zero-order valence-corrected chi connectivity index (χ0v) is 14.1. The summed E-state index contributed by atoms with van der Waals surface area (Å²) in [4.78, 5) is 15.4. The van der Waals surface area contributed by atoms with Crippen LogP contribution >= 0.6 is 12.2 Å². The average molecular weight is 378 g/mol. The molecule has 4 nitrogen and oxygen atoms in total. The molecule has 0 bridgehead atoms. The number of oxazole rings is 1. The highest BCUT2D eigenvalue weighted by molar-refractivity contribution is 7.71. The van der Waals surface area contributed by atoms with Crippen LogP contribution in [0.2, 0.25) is 0 Å². The summed E-state index contributed by atoms with van der Waals surface area (Å²) >= 11 is 4.90. The van der Waals surface area contributed by atoms with E-state index in [9.17, 15) is 18.0 Å². The van der Waals surface area contributed by atoms with Crippen LogP contribution < -0.4 is 5.32 Å². The van der Waals surface area contributed by atoms with Crippen molar-refractivity contribution in [1.82, 2.24) is 10.3 Å². The van der Waals surface area contributed by atoms with Gasteiger partial charge in [-0.15, -0.1) is 0 Å². The second-order valence-corrected chi connectivity index (χ2v) is 6.60. The van der Waals surface area contributed by atoms with Crippen LogP contribution in [-0.2, 0) is 6.18 Å². The van der Waals surface area contributed by atoms with Gasteiger partial charge < -0.3 is 14.7 Å². The van der Waals surface area contributed by atoms with Crippen LogP contribution in [0.4, 0.5) is 13.2 Å². The van der Waals surface area contributed by atoms with Gasteiger partial charge in [0.05, 0.1) is 11.1 Å². The van der Waals surface area contributed by atoms with Crippen LogP contribution in [0.1, 0.15) is 33.8 Å². The quantitative estimate of drug-likeness (QED) is 0.644. The fourth-order valence-corrected chi connectivity index (χ4v) is 3.31. The van der Waals surface area contributed by atoms with E-state index in [0.29, 0.717) is 23.1 Å². The van der Waals surface area contributed by atoms with Crippen LogP contribution in [-0.4, -0.2) is 16.9 Å². The van der Waals surface area contributed by atoms with Crippen molar-refractivity contribution in [2.24, 2.45) is 0 Å². The first kappa shape index (κ1) is 16.8. The molecule has 1 fully saturated rings. The van der Waals surface area contributed by atoms with E-state index in [0.717, 1.165) is 6.07 Å². The Morgan fingerprint density at radius 2 is 2.00 bits per heavy atom. The molecular formula is C18H13F3N2O2S. The lowest BCUT2D eigenvalue weighted by Gasteiger charge is -2.12. The Hall–Kier alpha value is -2.61. The summed E-state index contributed by atoms with van der Waals surface area (Å²) in [6.07, 6.45) is -3.93. The fourth-order valence-electron chi connectivity index (χ4n) is 3.12.